The topological polar surface area (TPSA) is 65.7 Å². The number of hydrogen-bond acceptors (Lipinski definition) is 6. The van der Waals surface area contributed by atoms with E-state index in [-0.39, 0.29) is 5.56 Å². The van der Waals surface area contributed by atoms with Crippen molar-refractivity contribution in [3.63, 3.8) is 0 Å². The fourth-order valence-corrected chi connectivity index (χ4v) is 4.33. The molecule has 0 saturated heterocycles. The Morgan fingerprint density at radius 2 is 1.97 bits per heavy atom. The zero-order valence-corrected chi connectivity index (χ0v) is 19.0. The number of aromatic nitrogens is 3. The smallest absolute Gasteiger partial charge is 0.291 e. The van der Waals surface area contributed by atoms with Gasteiger partial charge in [-0.3, -0.25) is 4.79 Å². The highest BCUT2D eigenvalue weighted by atomic mass is 79.9. The molecule has 4 rings (SSSR count). The van der Waals surface area contributed by atoms with Crippen molar-refractivity contribution in [2.24, 2.45) is 0 Å². The molecule has 0 fully saturated rings. The summed E-state index contributed by atoms with van der Waals surface area (Å²) in [5.74, 6) is 1.90. The second-order valence-corrected chi connectivity index (χ2v) is 8.38. The first-order chi connectivity index (χ1) is 14.6. The van der Waals surface area contributed by atoms with Crippen LogP contribution in [0.15, 0.2) is 51.7 Å². The average Bonchev–Trinajstić information content (AvgIpc) is 3.27. The Hall–Kier alpha value is -2.71. The predicted octanol–water partition coefficient (Wildman–Crippen LogP) is 4.32. The second-order valence-electron chi connectivity index (χ2n) is 6.51. The molecule has 0 bridgehead atoms. The standard InChI is InChI=1S/C22H20BrN3O3S/c1-3-11-29-17-10-9-14(12-18(17)28-4-2)13-19-21(27)26-22(30-19)24-20(25-26)15-7-5-6-8-16(15)23/h5-10,12-13H,3-4,11H2,1-2H3. The van der Waals surface area contributed by atoms with Crippen molar-refractivity contribution in [3.05, 3.63) is 67.4 Å². The quantitative estimate of drug-likeness (QED) is 0.390. The van der Waals surface area contributed by atoms with Crippen LogP contribution in [0, 0.1) is 0 Å². The van der Waals surface area contributed by atoms with E-state index < -0.39 is 0 Å². The fourth-order valence-electron chi connectivity index (χ4n) is 2.96. The molecule has 2 heterocycles. The van der Waals surface area contributed by atoms with E-state index in [1.165, 1.54) is 15.9 Å². The Labute approximate surface area is 185 Å². The van der Waals surface area contributed by atoms with Gasteiger partial charge < -0.3 is 9.47 Å². The van der Waals surface area contributed by atoms with Crippen LogP contribution in [-0.2, 0) is 0 Å². The molecule has 0 aliphatic rings. The summed E-state index contributed by atoms with van der Waals surface area (Å²) in [4.78, 5) is 18.0. The van der Waals surface area contributed by atoms with Crippen molar-refractivity contribution in [1.29, 1.82) is 0 Å². The van der Waals surface area contributed by atoms with E-state index in [1.807, 2.05) is 55.5 Å². The van der Waals surface area contributed by atoms with Crippen molar-refractivity contribution < 1.29 is 9.47 Å². The molecule has 0 atom stereocenters. The largest absolute Gasteiger partial charge is 0.490 e. The molecule has 30 heavy (non-hydrogen) atoms. The van der Waals surface area contributed by atoms with E-state index in [0.717, 1.165) is 22.0 Å². The first-order valence-electron chi connectivity index (χ1n) is 9.66. The monoisotopic (exact) mass is 485 g/mol. The molecule has 0 aliphatic heterocycles. The summed E-state index contributed by atoms with van der Waals surface area (Å²) in [6.07, 6.45) is 2.75. The van der Waals surface area contributed by atoms with Crippen LogP contribution in [0.5, 0.6) is 11.5 Å². The zero-order valence-electron chi connectivity index (χ0n) is 16.6. The Balaban J connectivity index is 1.72. The van der Waals surface area contributed by atoms with E-state index >= 15 is 0 Å². The number of hydrogen-bond donors (Lipinski definition) is 0. The van der Waals surface area contributed by atoms with Crippen LogP contribution in [0.25, 0.3) is 22.4 Å². The Morgan fingerprint density at radius 3 is 2.70 bits per heavy atom. The number of thiazole rings is 1. The van der Waals surface area contributed by atoms with Gasteiger partial charge in [0, 0.05) is 10.0 Å². The summed E-state index contributed by atoms with van der Waals surface area (Å²) in [5.41, 5.74) is 1.52. The van der Waals surface area contributed by atoms with Gasteiger partial charge in [-0.2, -0.15) is 9.50 Å². The van der Waals surface area contributed by atoms with Gasteiger partial charge in [0.25, 0.3) is 5.56 Å². The van der Waals surface area contributed by atoms with Crippen LogP contribution < -0.4 is 19.6 Å². The molecule has 4 aromatic rings. The van der Waals surface area contributed by atoms with Gasteiger partial charge in [0.05, 0.1) is 17.7 Å². The number of fused-ring (bicyclic) bond motifs is 1. The van der Waals surface area contributed by atoms with Crippen molar-refractivity contribution >= 4 is 38.3 Å². The third kappa shape index (κ3) is 4.11. The molecule has 2 aromatic heterocycles. The Bertz CT molecular complexity index is 1300. The first-order valence-corrected chi connectivity index (χ1v) is 11.3. The highest BCUT2D eigenvalue weighted by Gasteiger charge is 2.14. The van der Waals surface area contributed by atoms with E-state index in [9.17, 15) is 4.79 Å². The molecular weight excluding hydrogens is 466 g/mol. The van der Waals surface area contributed by atoms with Gasteiger partial charge in [0.1, 0.15) is 0 Å². The minimum atomic E-state index is -0.190. The number of rotatable bonds is 7. The minimum Gasteiger partial charge on any atom is -0.490 e. The Kier molecular flexibility index (Phi) is 6.15. The lowest BCUT2D eigenvalue weighted by atomic mass is 10.2. The van der Waals surface area contributed by atoms with Crippen molar-refractivity contribution in [3.8, 4) is 22.9 Å². The van der Waals surface area contributed by atoms with E-state index in [0.29, 0.717) is 40.0 Å². The molecular formula is C22H20BrN3O3S. The van der Waals surface area contributed by atoms with Gasteiger partial charge in [0.2, 0.25) is 4.96 Å². The third-order valence-corrected chi connectivity index (χ3v) is 5.97. The van der Waals surface area contributed by atoms with Crippen LogP contribution >= 0.6 is 27.3 Å². The van der Waals surface area contributed by atoms with Crippen LogP contribution in [0.2, 0.25) is 0 Å². The summed E-state index contributed by atoms with van der Waals surface area (Å²) in [6, 6.07) is 13.3. The average molecular weight is 486 g/mol. The lowest BCUT2D eigenvalue weighted by Gasteiger charge is -2.11. The molecule has 6 nitrogen and oxygen atoms in total. The highest BCUT2D eigenvalue weighted by Crippen LogP contribution is 2.29. The minimum absolute atomic E-state index is 0.190. The van der Waals surface area contributed by atoms with Gasteiger partial charge in [-0.05, 0) is 49.2 Å². The summed E-state index contributed by atoms with van der Waals surface area (Å²) in [6.45, 7) is 5.15. The van der Waals surface area contributed by atoms with Gasteiger partial charge in [-0.15, -0.1) is 5.10 Å². The second kappa shape index (κ2) is 8.97. The summed E-state index contributed by atoms with van der Waals surface area (Å²) in [5, 5.41) is 4.41. The van der Waals surface area contributed by atoms with Gasteiger partial charge in [-0.25, -0.2) is 0 Å². The number of halogens is 1. The van der Waals surface area contributed by atoms with Gasteiger partial charge >= 0.3 is 0 Å². The number of benzene rings is 2. The lowest BCUT2D eigenvalue weighted by molar-refractivity contribution is 0.277. The molecule has 0 saturated carbocycles. The van der Waals surface area contributed by atoms with Crippen LogP contribution in [0.1, 0.15) is 25.8 Å². The normalized spacial score (nSPS) is 11.9. The molecule has 0 aliphatic carbocycles. The van der Waals surface area contributed by atoms with Crippen molar-refractivity contribution in [2.45, 2.75) is 20.3 Å². The molecule has 0 N–H and O–H groups in total. The molecule has 0 amide bonds. The lowest BCUT2D eigenvalue weighted by Crippen LogP contribution is -2.23. The van der Waals surface area contributed by atoms with Gasteiger partial charge in [-0.1, -0.05) is 52.4 Å². The van der Waals surface area contributed by atoms with Crippen LogP contribution in [0.3, 0.4) is 0 Å². The third-order valence-electron chi connectivity index (χ3n) is 4.32. The number of ether oxygens (including phenoxy) is 2. The van der Waals surface area contributed by atoms with E-state index in [1.54, 1.807) is 0 Å². The molecule has 8 heteroatoms. The molecule has 0 radical (unpaired) electrons. The summed E-state index contributed by atoms with van der Waals surface area (Å²) >= 11 is 4.82. The van der Waals surface area contributed by atoms with Crippen LogP contribution in [-0.4, -0.2) is 27.8 Å². The molecule has 0 unspecified atom stereocenters. The molecule has 154 valence electrons. The predicted molar refractivity (Wildman–Crippen MR) is 122 cm³/mol. The maximum absolute atomic E-state index is 12.9. The SMILES string of the molecule is CCCOc1ccc(C=c2sc3nc(-c4ccccc4Br)nn3c2=O)cc1OCC. The summed E-state index contributed by atoms with van der Waals surface area (Å²) in [7, 11) is 0. The molecule has 2 aromatic carbocycles. The summed E-state index contributed by atoms with van der Waals surface area (Å²) < 4.78 is 14.3. The van der Waals surface area contributed by atoms with Crippen LogP contribution in [0.4, 0.5) is 0 Å². The highest BCUT2D eigenvalue weighted by molar-refractivity contribution is 9.10. The Morgan fingerprint density at radius 1 is 1.13 bits per heavy atom. The fraction of sp³-hybridized carbons (Fsp3) is 0.227. The van der Waals surface area contributed by atoms with Crippen molar-refractivity contribution in [1.82, 2.24) is 14.6 Å². The molecule has 0 spiro atoms. The van der Waals surface area contributed by atoms with Gasteiger partial charge in [0.15, 0.2) is 17.3 Å². The zero-order chi connectivity index (χ0) is 21.1. The first kappa shape index (κ1) is 20.6. The number of nitrogens with zero attached hydrogens (tertiary/aromatic N) is 3. The van der Waals surface area contributed by atoms with E-state index in [4.69, 9.17) is 9.47 Å². The van der Waals surface area contributed by atoms with Crippen molar-refractivity contribution in [2.75, 3.05) is 13.2 Å². The van der Waals surface area contributed by atoms with E-state index in [2.05, 4.69) is 32.9 Å². The maximum Gasteiger partial charge on any atom is 0.291 e. The maximum atomic E-state index is 12.9.